The summed E-state index contributed by atoms with van der Waals surface area (Å²) < 4.78 is 123. The number of hydrogen-bond donors (Lipinski definition) is 1. The van der Waals surface area contributed by atoms with Gasteiger partial charge in [-0.25, -0.2) is 0 Å². The molecule has 0 unspecified atom stereocenters. The molecule has 0 fully saturated rings. The summed E-state index contributed by atoms with van der Waals surface area (Å²) in [5.41, 5.74) is -3.55. The summed E-state index contributed by atoms with van der Waals surface area (Å²) in [6.07, 6.45) is -9.68. The number of hydrogen-bond acceptors (Lipinski definition) is 4. The topological polar surface area (TPSA) is 73.0 Å². The predicted octanol–water partition coefficient (Wildman–Crippen LogP) is 7.30. The number of anilines is 1. The largest absolute Gasteiger partial charge is 0.416 e. The van der Waals surface area contributed by atoms with Crippen molar-refractivity contribution in [3.05, 3.63) is 98.6 Å². The molecule has 4 rings (SSSR count). The molecule has 212 valence electrons. The van der Waals surface area contributed by atoms with Crippen molar-refractivity contribution >= 4 is 22.4 Å². The average Bonchev–Trinajstić information content (AvgIpc) is 3.20. The van der Waals surface area contributed by atoms with Crippen molar-refractivity contribution in [1.29, 1.82) is 0 Å². The lowest BCUT2D eigenvalue weighted by atomic mass is 10.1. The second-order valence-corrected chi connectivity index (χ2v) is 8.66. The van der Waals surface area contributed by atoms with Crippen LogP contribution >= 0.6 is 0 Å². The van der Waals surface area contributed by atoms with Crippen LogP contribution in [-0.4, -0.2) is 21.0 Å². The van der Waals surface area contributed by atoms with Crippen molar-refractivity contribution in [2.75, 3.05) is 11.9 Å². The van der Waals surface area contributed by atoms with Crippen LogP contribution in [0.5, 0.6) is 0 Å². The number of nitro groups is 1. The molecular formula is C25H17F9N4O2. The molecule has 0 spiro atoms. The van der Waals surface area contributed by atoms with Crippen LogP contribution in [0, 0.1) is 27.8 Å². The smallest absolute Gasteiger partial charge is 0.365 e. The number of nitrogens with one attached hydrogen (secondary N) is 1. The Morgan fingerprint density at radius 1 is 0.850 bits per heavy atom. The summed E-state index contributed by atoms with van der Waals surface area (Å²) in [6.45, 7) is -0.724. The molecule has 0 aliphatic heterocycles. The number of fused-ring (bicyclic) bond motifs is 1. The summed E-state index contributed by atoms with van der Waals surface area (Å²) in [4.78, 5) is 13.6. The van der Waals surface area contributed by atoms with E-state index in [9.17, 15) is 49.6 Å². The summed E-state index contributed by atoms with van der Waals surface area (Å²) in [7, 11) is 0. The zero-order valence-corrected chi connectivity index (χ0v) is 20.0. The number of aromatic nitrogens is 2. The number of pyridine rings is 1. The van der Waals surface area contributed by atoms with E-state index in [0.717, 1.165) is 41.0 Å². The molecule has 15 heteroatoms. The molecule has 1 N–H and O–H groups in total. The van der Waals surface area contributed by atoms with Gasteiger partial charge in [0.2, 0.25) is 11.8 Å². The van der Waals surface area contributed by atoms with Gasteiger partial charge in [-0.2, -0.15) is 44.5 Å². The zero-order valence-electron chi connectivity index (χ0n) is 20.0. The first-order valence-electron chi connectivity index (χ1n) is 11.5. The Balaban J connectivity index is 1.74. The number of benzene rings is 2. The lowest BCUT2D eigenvalue weighted by Gasteiger charge is -2.14. The lowest BCUT2D eigenvalue weighted by molar-refractivity contribution is -0.382. The molecule has 0 saturated heterocycles. The molecule has 2 aromatic carbocycles. The van der Waals surface area contributed by atoms with Gasteiger partial charge in [0.1, 0.15) is 10.9 Å². The van der Waals surface area contributed by atoms with Crippen molar-refractivity contribution in [2.45, 2.75) is 31.7 Å². The van der Waals surface area contributed by atoms with E-state index in [4.69, 9.17) is 0 Å². The van der Waals surface area contributed by atoms with E-state index in [1.165, 1.54) is 12.1 Å². The van der Waals surface area contributed by atoms with E-state index >= 15 is 0 Å². The number of aryl methyl sites for hydroxylation is 2. The Morgan fingerprint density at radius 2 is 1.40 bits per heavy atom. The molecule has 0 amide bonds. The van der Waals surface area contributed by atoms with E-state index in [1.807, 2.05) is 0 Å². The molecule has 0 saturated carbocycles. The molecule has 0 bridgehead atoms. The third-order valence-electron chi connectivity index (χ3n) is 6.05. The van der Waals surface area contributed by atoms with Gasteiger partial charge in [0.15, 0.2) is 5.82 Å². The minimum atomic E-state index is -4.67. The first-order chi connectivity index (χ1) is 18.7. The highest BCUT2D eigenvalue weighted by Crippen LogP contribution is 2.40. The van der Waals surface area contributed by atoms with Gasteiger partial charge in [-0.1, -0.05) is 36.4 Å². The average molecular weight is 576 g/mol. The molecule has 0 aliphatic rings. The zero-order chi connectivity index (χ0) is 29.4. The summed E-state index contributed by atoms with van der Waals surface area (Å²) in [6, 6.07) is 8.29. The Hall–Kier alpha value is -4.30. The molecule has 2 aromatic heterocycles. The van der Waals surface area contributed by atoms with Gasteiger partial charge in [-0.05, 0) is 36.1 Å². The van der Waals surface area contributed by atoms with Crippen LogP contribution in [0.2, 0.25) is 0 Å². The Kier molecular flexibility index (Phi) is 7.67. The van der Waals surface area contributed by atoms with Gasteiger partial charge in [0.05, 0.1) is 16.1 Å². The number of rotatable bonds is 8. The van der Waals surface area contributed by atoms with E-state index in [0.29, 0.717) is 0 Å². The maximum Gasteiger partial charge on any atom is 0.416 e. The van der Waals surface area contributed by atoms with Gasteiger partial charge < -0.3 is 9.88 Å². The minimum Gasteiger partial charge on any atom is -0.365 e. The summed E-state index contributed by atoms with van der Waals surface area (Å²) >= 11 is 0. The second kappa shape index (κ2) is 10.7. The first kappa shape index (κ1) is 28.7. The third kappa shape index (κ3) is 5.82. The highest BCUT2D eigenvalue weighted by molar-refractivity contribution is 5.97. The molecule has 6 nitrogen and oxygen atoms in total. The fourth-order valence-corrected chi connectivity index (χ4v) is 4.27. The SMILES string of the molecule is O=[N+]([O-])c1c(NCCc2cccc(C(F)(F)F)c2)n(CCc2cccc(C(F)(F)F)c2)c2c(F)c(F)nc(F)c12. The predicted molar refractivity (Wildman–Crippen MR) is 125 cm³/mol. The highest BCUT2D eigenvalue weighted by atomic mass is 19.4. The highest BCUT2D eigenvalue weighted by Gasteiger charge is 2.34. The Morgan fingerprint density at radius 3 is 1.93 bits per heavy atom. The van der Waals surface area contributed by atoms with Gasteiger partial charge in [0, 0.05) is 13.1 Å². The van der Waals surface area contributed by atoms with E-state index in [1.54, 1.807) is 0 Å². The molecule has 0 aliphatic carbocycles. The quantitative estimate of drug-likeness (QED) is 0.103. The van der Waals surface area contributed by atoms with Crippen molar-refractivity contribution in [3.63, 3.8) is 0 Å². The van der Waals surface area contributed by atoms with Crippen LogP contribution in [0.25, 0.3) is 10.9 Å². The van der Waals surface area contributed by atoms with Gasteiger partial charge in [0.25, 0.3) is 5.95 Å². The van der Waals surface area contributed by atoms with Crippen LogP contribution in [0.4, 0.5) is 51.0 Å². The second-order valence-electron chi connectivity index (χ2n) is 8.66. The Labute approximate surface area is 219 Å². The monoisotopic (exact) mass is 576 g/mol. The fourth-order valence-electron chi connectivity index (χ4n) is 4.27. The van der Waals surface area contributed by atoms with Crippen molar-refractivity contribution in [3.8, 4) is 0 Å². The summed E-state index contributed by atoms with van der Waals surface area (Å²) in [5, 5.41) is 13.5. The van der Waals surface area contributed by atoms with Crippen molar-refractivity contribution in [1.82, 2.24) is 9.55 Å². The number of nitrogens with zero attached hydrogens (tertiary/aromatic N) is 3. The lowest BCUT2D eigenvalue weighted by Crippen LogP contribution is -2.13. The number of halogens is 9. The normalized spacial score (nSPS) is 12.2. The first-order valence-corrected chi connectivity index (χ1v) is 11.5. The van der Waals surface area contributed by atoms with Gasteiger partial charge in [-0.3, -0.25) is 10.1 Å². The van der Waals surface area contributed by atoms with Gasteiger partial charge >= 0.3 is 18.0 Å². The third-order valence-corrected chi connectivity index (χ3v) is 6.05. The van der Waals surface area contributed by atoms with Crippen LogP contribution in [0.1, 0.15) is 22.3 Å². The van der Waals surface area contributed by atoms with Crippen LogP contribution < -0.4 is 5.32 Å². The molecule has 0 atom stereocenters. The van der Waals surface area contributed by atoms with Crippen LogP contribution in [-0.2, 0) is 31.7 Å². The molecular weight excluding hydrogens is 559 g/mol. The van der Waals surface area contributed by atoms with E-state index < -0.39 is 75.1 Å². The molecule has 4 aromatic rings. The summed E-state index contributed by atoms with van der Waals surface area (Å²) in [5.74, 6) is -5.84. The van der Waals surface area contributed by atoms with Crippen molar-refractivity contribution in [2.24, 2.45) is 0 Å². The number of alkyl halides is 6. The standard InChI is InChI=1S/C25H17F9N4O2/c26-18-19-17(21(27)36-22(18)28)20(38(39)40)23(35-9-7-13-3-1-5-15(11-13)24(29,30)31)37(19)10-8-14-4-2-6-16(12-14)25(32,33)34/h1-6,11-12,35H,7-10H2. The van der Waals surface area contributed by atoms with E-state index in [2.05, 4.69) is 10.3 Å². The van der Waals surface area contributed by atoms with Crippen LogP contribution in [0.3, 0.4) is 0 Å². The minimum absolute atomic E-state index is 0.0876. The maximum atomic E-state index is 14.9. The van der Waals surface area contributed by atoms with Gasteiger partial charge in [-0.15, -0.1) is 0 Å². The maximum absolute atomic E-state index is 14.9. The molecule has 2 heterocycles. The van der Waals surface area contributed by atoms with E-state index in [-0.39, 0.29) is 30.5 Å². The fraction of sp³-hybridized carbons (Fsp3) is 0.240. The Bertz CT molecular complexity index is 1580. The van der Waals surface area contributed by atoms with Crippen LogP contribution in [0.15, 0.2) is 48.5 Å². The van der Waals surface area contributed by atoms with Crippen molar-refractivity contribution < 1.29 is 44.4 Å². The molecule has 0 radical (unpaired) electrons. The molecule has 40 heavy (non-hydrogen) atoms.